The summed E-state index contributed by atoms with van der Waals surface area (Å²) < 4.78 is 2.54. The standard InChI is InChI=1S/C29H32N4OS/c34-27(18-35-29-30-23-10-4-5-11-24(23)31-29)32-15-16-33-25-14-13-20(19-7-2-1-3-8-19)17-22(25)21-9-6-12-26(32)28(21)33/h4-5,10-11,13-14,17,19,26H,1-3,6-9,12,15-16,18H2,(H,30,31). The van der Waals surface area contributed by atoms with Gasteiger partial charge in [-0.3, -0.25) is 4.79 Å². The van der Waals surface area contributed by atoms with Gasteiger partial charge < -0.3 is 14.5 Å². The molecule has 180 valence electrons. The molecule has 0 saturated heterocycles. The summed E-state index contributed by atoms with van der Waals surface area (Å²) in [7, 11) is 0. The molecular formula is C29H32N4OS. The van der Waals surface area contributed by atoms with Crippen molar-refractivity contribution < 1.29 is 4.79 Å². The minimum absolute atomic E-state index is 0.210. The van der Waals surface area contributed by atoms with Crippen molar-refractivity contribution in [2.24, 2.45) is 0 Å². The first-order valence-electron chi connectivity index (χ1n) is 13.3. The molecule has 1 fully saturated rings. The Balaban J connectivity index is 1.15. The molecule has 2 aliphatic carbocycles. The summed E-state index contributed by atoms with van der Waals surface area (Å²) in [6.45, 7) is 1.69. The molecule has 1 saturated carbocycles. The molecular weight excluding hydrogens is 452 g/mol. The van der Waals surface area contributed by atoms with E-state index in [0.717, 1.165) is 54.5 Å². The maximum atomic E-state index is 13.4. The molecule has 35 heavy (non-hydrogen) atoms. The van der Waals surface area contributed by atoms with E-state index in [1.807, 2.05) is 24.3 Å². The Bertz CT molecular complexity index is 1380. The minimum Gasteiger partial charge on any atom is -0.341 e. The number of aryl methyl sites for hydroxylation is 1. The zero-order chi connectivity index (χ0) is 23.4. The number of hydrogen-bond acceptors (Lipinski definition) is 3. The Morgan fingerprint density at radius 3 is 2.80 bits per heavy atom. The van der Waals surface area contributed by atoms with Crippen LogP contribution in [-0.2, 0) is 17.8 Å². The Morgan fingerprint density at radius 1 is 1.03 bits per heavy atom. The molecule has 1 amide bonds. The summed E-state index contributed by atoms with van der Waals surface area (Å²) >= 11 is 1.52. The number of nitrogens with zero attached hydrogens (tertiary/aromatic N) is 3. The lowest BCUT2D eigenvalue weighted by Gasteiger charge is -2.40. The minimum atomic E-state index is 0.210. The van der Waals surface area contributed by atoms with E-state index in [2.05, 4.69) is 37.6 Å². The summed E-state index contributed by atoms with van der Waals surface area (Å²) in [6, 6.07) is 15.5. The van der Waals surface area contributed by atoms with E-state index in [9.17, 15) is 4.79 Å². The third kappa shape index (κ3) is 3.68. The second kappa shape index (κ2) is 8.74. The summed E-state index contributed by atoms with van der Waals surface area (Å²) in [5.41, 5.74) is 7.82. The Labute approximate surface area is 210 Å². The maximum absolute atomic E-state index is 13.4. The average molecular weight is 485 g/mol. The molecule has 5 nitrogen and oxygen atoms in total. The van der Waals surface area contributed by atoms with Gasteiger partial charge in [-0.25, -0.2) is 4.98 Å². The first-order valence-corrected chi connectivity index (χ1v) is 14.3. The Hall–Kier alpha value is -2.73. The smallest absolute Gasteiger partial charge is 0.233 e. The van der Waals surface area contributed by atoms with Crippen molar-refractivity contribution in [2.75, 3.05) is 12.3 Å². The van der Waals surface area contributed by atoms with Crippen molar-refractivity contribution in [1.82, 2.24) is 19.4 Å². The average Bonchev–Trinajstić information content (AvgIpc) is 3.48. The molecule has 2 aromatic heterocycles. The van der Waals surface area contributed by atoms with Crippen molar-refractivity contribution in [1.29, 1.82) is 0 Å². The number of hydrogen-bond donors (Lipinski definition) is 1. The zero-order valence-corrected chi connectivity index (χ0v) is 20.9. The molecule has 1 unspecified atom stereocenters. The summed E-state index contributed by atoms with van der Waals surface area (Å²) in [4.78, 5) is 23.6. The number of thioether (sulfide) groups is 1. The van der Waals surface area contributed by atoms with Crippen LogP contribution < -0.4 is 0 Å². The number of rotatable bonds is 4. The van der Waals surface area contributed by atoms with Crippen molar-refractivity contribution in [3.8, 4) is 0 Å². The van der Waals surface area contributed by atoms with E-state index >= 15 is 0 Å². The highest BCUT2D eigenvalue weighted by Crippen LogP contribution is 2.44. The lowest BCUT2D eigenvalue weighted by Crippen LogP contribution is -2.44. The van der Waals surface area contributed by atoms with E-state index < -0.39 is 0 Å². The molecule has 4 aromatic rings. The quantitative estimate of drug-likeness (QED) is 0.333. The van der Waals surface area contributed by atoms with Crippen LogP contribution in [0.4, 0.5) is 0 Å². The highest BCUT2D eigenvalue weighted by atomic mass is 32.2. The molecule has 0 spiro atoms. The SMILES string of the molecule is O=C(CSc1nc2ccccc2[nH]1)N1CCn2c3c(c4cc(C5CCCCC5)ccc42)CCCC31. The molecule has 1 atom stereocenters. The highest BCUT2D eigenvalue weighted by Gasteiger charge is 2.37. The van der Waals surface area contributed by atoms with Crippen LogP contribution in [0.2, 0.25) is 0 Å². The number of carbonyl (C=O) groups is 1. The lowest BCUT2D eigenvalue weighted by molar-refractivity contribution is -0.132. The van der Waals surface area contributed by atoms with E-state index in [1.54, 1.807) is 0 Å². The number of fused-ring (bicyclic) bond motifs is 4. The normalized spacial score (nSPS) is 20.5. The molecule has 6 heteroatoms. The van der Waals surface area contributed by atoms with Crippen molar-refractivity contribution in [2.45, 2.75) is 75.0 Å². The van der Waals surface area contributed by atoms with Gasteiger partial charge in [-0.05, 0) is 73.4 Å². The van der Waals surface area contributed by atoms with Gasteiger partial charge in [0.05, 0.1) is 22.8 Å². The van der Waals surface area contributed by atoms with Crippen LogP contribution in [-0.4, -0.2) is 37.6 Å². The van der Waals surface area contributed by atoms with Crippen LogP contribution in [0.25, 0.3) is 21.9 Å². The first kappa shape index (κ1) is 21.5. The predicted molar refractivity (Wildman–Crippen MR) is 142 cm³/mol. The zero-order valence-electron chi connectivity index (χ0n) is 20.1. The number of H-pyrrole nitrogens is 1. The summed E-state index contributed by atoms with van der Waals surface area (Å²) in [5.74, 6) is 1.38. The molecule has 1 N–H and O–H groups in total. The number of nitrogens with one attached hydrogen (secondary N) is 1. The number of carbonyl (C=O) groups excluding carboxylic acids is 1. The van der Waals surface area contributed by atoms with Gasteiger partial charge in [0.15, 0.2) is 5.16 Å². The largest absolute Gasteiger partial charge is 0.341 e. The molecule has 0 radical (unpaired) electrons. The van der Waals surface area contributed by atoms with Gasteiger partial charge in [0.2, 0.25) is 5.91 Å². The summed E-state index contributed by atoms with van der Waals surface area (Å²) in [5, 5.41) is 2.28. The van der Waals surface area contributed by atoms with Gasteiger partial charge in [-0.15, -0.1) is 0 Å². The number of benzene rings is 2. The maximum Gasteiger partial charge on any atom is 0.233 e. The highest BCUT2D eigenvalue weighted by molar-refractivity contribution is 7.99. The monoisotopic (exact) mass is 484 g/mol. The molecule has 3 aliphatic rings. The third-order valence-electron chi connectivity index (χ3n) is 8.49. The fourth-order valence-corrected chi connectivity index (χ4v) is 7.59. The van der Waals surface area contributed by atoms with Gasteiger partial charge in [-0.1, -0.05) is 49.2 Å². The second-order valence-electron chi connectivity index (χ2n) is 10.5. The van der Waals surface area contributed by atoms with Crippen molar-refractivity contribution >= 4 is 39.6 Å². The Kier molecular flexibility index (Phi) is 5.38. The van der Waals surface area contributed by atoms with E-state index in [4.69, 9.17) is 0 Å². The van der Waals surface area contributed by atoms with E-state index in [-0.39, 0.29) is 11.9 Å². The molecule has 0 bridgehead atoms. The van der Waals surface area contributed by atoms with Crippen molar-refractivity contribution in [3.05, 3.63) is 59.3 Å². The lowest BCUT2D eigenvalue weighted by atomic mass is 9.83. The topological polar surface area (TPSA) is 53.9 Å². The van der Waals surface area contributed by atoms with Gasteiger partial charge in [0.1, 0.15) is 0 Å². The molecule has 3 heterocycles. The fourth-order valence-electron chi connectivity index (χ4n) is 6.82. The molecule has 1 aliphatic heterocycles. The first-order chi connectivity index (χ1) is 17.3. The van der Waals surface area contributed by atoms with Crippen LogP contribution in [0.5, 0.6) is 0 Å². The fraction of sp³-hybridized carbons (Fsp3) is 0.448. The van der Waals surface area contributed by atoms with Crippen LogP contribution in [0.15, 0.2) is 47.6 Å². The van der Waals surface area contributed by atoms with Gasteiger partial charge in [0.25, 0.3) is 0 Å². The number of imidazole rings is 1. The van der Waals surface area contributed by atoms with E-state index in [1.165, 1.54) is 71.6 Å². The second-order valence-corrected chi connectivity index (χ2v) is 11.4. The van der Waals surface area contributed by atoms with Gasteiger partial charge in [-0.2, -0.15) is 0 Å². The van der Waals surface area contributed by atoms with Crippen LogP contribution >= 0.6 is 11.8 Å². The van der Waals surface area contributed by atoms with E-state index in [0.29, 0.717) is 5.75 Å². The van der Waals surface area contributed by atoms with Gasteiger partial charge >= 0.3 is 0 Å². The third-order valence-corrected chi connectivity index (χ3v) is 9.35. The predicted octanol–water partition coefficient (Wildman–Crippen LogP) is 6.58. The number of aromatic nitrogens is 3. The summed E-state index contributed by atoms with van der Waals surface area (Å²) in [6.07, 6.45) is 10.2. The van der Waals surface area contributed by atoms with Gasteiger partial charge in [0, 0.05) is 29.7 Å². The van der Waals surface area contributed by atoms with Crippen LogP contribution in [0.1, 0.15) is 73.7 Å². The number of para-hydroxylation sites is 2. The number of aromatic amines is 1. The number of amides is 1. The molecule has 2 aromatic carbocycles. The Morgan fingerprint density at radius 2 is 1.91 bits per heavy atom. The van der Waals surface area contributed by atoms with Crippen LogP contribution in [0, 0.1) is 0 Å². The van der Waals surface area contributed by atoms with Crippen LogP contribution in [0.3, 0.4) is 0 Å². The van der Waals surface area contributed by atoms with Crippen molar-refractivity contribution in [3.63, 3.8) is 0 Å². The molecule has 7 rings (SSSR count).